The average Bonchev–Trinajstić information content (AvgIpc) is 2.83. The second-order valence-corrected chi connectivity index (χ2v) is 5.51. The zero-order valence-corrected chi connectivity index (χ0v) is 12.8. The highest BCUT2D eigenvalue weighted by atomic mass is 35.5. The van der Waals surface area contributed by atoms with E-state index in [1.54, 1.807) is 0 Å². The quantitative estimate of drug-likeness (QED) is 0.693. The number of urea groups is 1. The van der Waals surface area contributed by atoms with Gasteiger partial charge in [-0.1, -0.05) is 6.92 Å². The number of imide groups is 1. The third-order valence-corrected chi connectivity index (χ3v) is 3.94. The molecule has 0 aromatic rings. The van der Waals surface area contributed by atoms with Gasteiger partial charge in [-0.25, -0.2) is 4.79 Å². The van der Waals surface area contributed by atoms with E-state index in [9.17, 15) is 9.59 Å². The molecule has 0 bridgehead atoms. The average molecular weight is 305 g/mol. The number of hydrogen-bond acceptors (Lipinski definition) is 4. The number of amides is 3. The Morgan fingerprint density at radius 2 is 2.05 bits per heavy atom. The van der Waals surface area contributed by atoms with Crippen LogP contribution >= 0.6 is 12.4 Å². The molecule has 3 amide bonds. The molecule has 2 fully saturated rings. The SMILES string of the molecule is CCCNC(=O)NC(=O)CN1CCC2CNCC2C1.Cl. The van der Waals surface area contributed by atoms with Gasteiger partial charge in [0.2, 0.25) is 5.91 Å². The number of nitrogens with one attached hydrogen (secondary N) is 3. The van der Waals surface area contributed by atoms with Gasteiger partial charge < -0.3 is 10.6 Å². The van der Waals surface area contributed by atoms with Gasteiger partial charge in [-0.15, -0.1) is 12.4 Å². The lowest BCUT2D eigenvalue weighted by atomic mass is 9.89. The Balaban J connectivity index is 0.00000200. The van der Waals surface area contributed by atoms with E-state index >= 15 is 0 Å². The van der Waals surface area contributed by atoms with Crippen LogP contribution < -0.4 is 16.0 Å². The van der Waals surface area contributed by atoms with Gasteiger partial charge in [-0.3, -0.25) is 15.0 Å². The Morgan fingerprint density at radius 1 is 1.30 bits per heavy atom. The van der Waals surface area contributed by atoms with Gasteiger partial charge >= 0.3 is 6.03 Å². The van der Waals surface area contributed by atoms with E-state index in [1.807, 2.05) is 6.92 Å². The summed E-state index contributed by atoms with van der Waals surface area (Å²) in [7, 11) is 0. The third kappa shape index (κ3) is 4.92. The van der Waals surface area contributed by atoms with Crippen LogP contribution in [0.5, 0.6) is 0 Å². The summed E-state index contributed by atoms with van der Waals surface area (Å²) in [5.74, 6) is 1.22. The van der Waals surface area contributed by atoms with Gasteiger partial charge in [0, 0.05) is 13.1 Å². The Kier molecular flexibility index (Phi) is 7.26. The molecule has 2 heterocycles. The van der Waals surface area contributed by atoms with Crippen LogP contribution in [0.4, 0.5) is 4.79 Å². The number of carbonyl (C=O) groups excluding carboxylic acids is 2. The zero-order valence-electron chi connectivity index (χ0n) is 12.0. The molecule has 116 valence electrons. The fourth-order valence-electron chi connectivity index (χ4n) is 2.91. The Bertz CT molecular complexity index is 340. The van der Waals surface area contributed by atoms with Crippen LogP contribution in [0.25, 0.3) is 0 Å². The normalized spacial score (nSPS) is 25.4. The third-order valence-electron chi connectivity index (χ3n) is 3.94. The fourth-order valence-corrected chi connectivity index (χ4v) is 2.91. The Hall–Kier alpha value is -0.850. The lowest BCUT2D eigenvalue weighted by Crippen LogP contribution is -2.48. The maximum absolute atomic E-state index is 11.7. The van der Waals surface area contributed by atoms with Crippen molar-refractivity contribution in [2.45, 2.75) is 19.8 Å². The van der Waals surface area contributed by atoms with Crippen LogP contribution in [0.3, 0.4) is 0 Å². The van der Waals surface area contributed by atoms with Crippen LogP contribution in [0.2, 0.25) is 0 Å². The molecule has 2 rings (SSSR count). The van der Waals surface area contributed by atoms with E-state index in [0.717, 1.165) is 44.9 Å². The van der Waals surface area contributed by atoms with E-state index in [2.05, 4.69) is 20.9 Å². The maximum Gasteiger partial charge on any atom is 0.321 e. The second kappa shape index (κ2) is 8.44. The molecule has 20 heavy (non-hydrogen) atoms. The summed E-state index contributed by atoms with van der Waals surface area (Å²) in [6.07, 6.45) is 2.01. The van der Waals surface area contributed by atoms with Crippen LogP contribution in [-0.2, 0) is 4.79 Å². The smallest absolute Gasteiger partial charge is 0.321 e. The molecular formula is C13H25ClN4O2. The van der Waals surface area contributed by atoms with Crippen LogP contribution in [-0.4, -0.2) is 56.1 Å². The molecule has 0 aromatic carbocycles. The van der Waals surface area contributed by atoms with Crippen LogP contribution in [0.1, 0.15) is 19.8 Å². The van der Waals surface area contributed by atoms with E-state index in [0.29, 0.717) is 19.0 Å². The predicted molar refractivity (Wildman–Crippen MR) is 80.0 cm³/mol. The summed E-state index contributed by atoms with van der Waals surface area (Å²) in [6, 6.07) is -0.385. The summed E-state index contributed by atoms with van der Waals surface area (Å²) in [5.41, 5.74) is 0. The van der Waals surface area contributed by atoms with Crippen molar-refractivity contribution in [1.29, 1.82) is 0 Å². The highest BCUT2D eigenvalue weighted by Gasteiger charge is 2.33. The van der Waals surface area contributed by atoms with E-state index < -0.39 is 0 Å². The van der Waals surface area contributed by atoms with Gasteiger partial charge in [-0.2, -0.15) is 0 Å². The lowest BCUT2D eigenvalue weighted by Gasteiger charge is -2.33. The summed E-state index contributed by atoms with van der Waals surface area (Å²) in [4.78, 5) is 25.3. The molecule has 6 nitrogen and oxygen atoms in total. The molecule has 2 aliphatic heterocycles. The summed E-state index contributed by atoms with van der Waals surface area (Å²) in [6.45, 7) is 6.97. The molecule has 0 saturated carbocycles. The van der Waals surface area contributed by atoms with E-state index in [4.69, 9.17) is 0 Å². The maximum atomic E-state index is 11.7. The molecule has 0 radical (unpaired) electrons. The summed E-state index contributed by atoms with van der Waals surface area (Å²) in [5, 5.41) is 8.42. The Labute approximate surface area is 126 Å². The van der Waals surface area contributed by atoms with Crippen molar-refractivity contribution in [3.63, 3.8) is 0 Å². The van der Waals surface area contributed by atoms with Crippen molar-refractivity contribution in [1.82, 2.24) is 20.9 Å². The van der Waals surface area contributed by atoms with Gasteiger partial charge in [0.15, 0.2) is 0 Å². The molecule has 2 saturated heterocycles. The number of nitrogens with zero attached hydrogens (tertiary/aromatic N) is 1. The molecule has 2 unspecified atom stereocenters. The van der Waals surface area contributed by atoms with Crippen molar-refractivity contribution < 1.29 is 9.59 Å². The first-order chi connectivity index (χ1) is 9.19. The van der Waals surface area contributed by atoms with Crippen molar-refractivity contribution in [3.05, 3.63) is 0 Å². The lowest BCUT2D eigenvalue weighted by molar-refractivity contribution is -0.121. The predicted octanol–water partition coefficient (Wildman–Crippen LogP) is 0.185. The number of rotatable bonds is 4. The molecule has 2 atom stereocenters. The minimum atomic E-state index is -0.385. The number of carbonyl (C=O) groups is 2. The number of likely N-dealkylation sites (tertiary alicyclic amines) is 1. The van der Waals surface area contributed by atoms with Gasteiger partial charge in [0.25, 0.3) is 0 Å². The molecule has 3 N–H and O–H groups in total. The zero-order chi connectivity index (χ0) is 13.7. The fraction of sp³-hybridized carbons (Fsp3) is 0.846. The molecule has 0 aliphatic carbocycles. The van der Waals surface area contributed by atoms with Crippen molar-refractivity contribution in [2.24, 2.45) is 11.8 Å². The minimum Gasteiger partial charge on any atom is -0.338 e. The standard InChI is InChI=1S/C13H24N4O2.ClH/c1-2-4-15-13(19)16-12(18)9-17-5-3-10-6-14-7-11(10)8-17;/h10-11,14H,2-9H2,1H3,(H2,15,16,18,19);1H. The van der Waals surface area contributed by atoms with E-state index in [1.165, 1.54) is 0 Å². The van der Waals surface area contributed by atoms with Crippen molar-refractivity contribution >= 4 is 24.3 Å². The second-order valence-electron chi connectivity index (χ2n) is 5.51. The largest absolute Gasteiger partial charge is 0.338 e. The molecule has 0 spiro atoms. The Morgan fingerprint density at radius 3 is 2.80 bits per heavy atom. The first-order valence-electron chi connectivity index (χ1n) is 7.19. The highest BCUT2D eigenvalue weighted by molar-refractivity contribution is 5.95. The topological polar surface area (TPSA) is 73.5 Å². The molecule has 7 heteroatoms. The van der Waals surface area contributed by atoms with E-state index in [-0.39, 0.29) is 24.3 Å². The highest BCUT2D eigenvalue weighted by Crippen LogP contribution is 2.25. The van der Waals surface area contributed by atoms with Gasteiger partial charge in [-0.05, 0) is 44.3 Å². The summed E-state index contributed by atoms with van der Waals surface area (Å²) < 4.78 is 0. The monoisotopic (exact) mass is 304 g/mol. The minimum absolute atomic E-state index is 0. The molecule has 0 aromatic heterocycles. The van der Waals surface area contributed by atoms with Crippen molar-refractivity contribution in [3.8, 4) is 0 Å². The van der Waals surface area contributed by atoms with Crippen LogP contribution in [0.15, 0.2) is 0 Å². The molecule has 2 aliphatic rings. The molecular weight excluding hydrogens is 280 g/mol. The number of fused-ring (bicyclic) bond motifs is 1. The first kappa shape index (κ1) is 17.2. The van der Waals surface area contributed by atoms with Crippen molar-refractivity contribution in [2.75, 3.05) is 39.3 Å². The van der Waals surface area contributed by atoms with Gasteiger partial charge in [0.05, 0.1) is 6.54 Å². The number of hydrogen-bond donors (Lipinski definition) is 3. The van der Waals surface area contributed by atoms with Gasteiger partial charge in [0.1, 0.15) is 0 Å². The van der Waals surface area contributed by atoms with Crippen LogP contribution in [0, 0.1) is 11.8 Å². The number of halogens is 1. The number of piperidine rings is 1. The summed E-state index contributed by atoms with van der Waals surface area (Å²) >= 11 is 0. The first-order valence-corrected chi connectivity index (χ1v) is 7.19.